The second-order valence-electron chi connectivity index (χ2n) is 12.7. The Kier molecular flexibility index (Phi) is 8.39. The number of nitrogens with zero attached hydrogens (tertiary/aromatic N) is 6. The van der Waals surface area contributed by atoms with Crippen LogP contribution in [0.15, 0.2) is 79.4 Å². The minimum Gasteiger partial charge on any atom is -0.508 e. The summed E-state index contributed by atoms with van der Waals surface area (Å²) in [5.41, 5.74) is 4.71. The highest BCUT2D eigenvalue weighted by atomic mass is 16.3. The van der Waals surface area contributed by atoms with E-state index in [0.717, 1.165) is 92.3 Å². The summed E-state index contributed by atoms with van der Waals surface area (Å²) in [6.07, 6.45) is 5.38. The normalized spacial score (nSPS) is 18.8. The Morgan fingerprint density at radius 3 is 2.56 bits per heavy atom. The van der Waals surface area contributed by atoms with E-state index < -0.39 is 0 Å². The van der Waals surface area contributed by atoms with E-state index in [-0.39, 0.29) is 11.7 Å². The fourth-order valence-electron chi connectivity index (χ4n) is 7.31. The number of phenols is 1. The maximum Gasteiger partial charge on any atom is 0.246 e. The number of phenolic OH excluding ortho intramolecular Hbond substituents is 1. The number of hydrogen-bond donors (Lipinski definition) is 1. The van der Waals surface area contributed by atoms with Crippen molar-refractivity contribution in [3.05, 3.63) is 102 Å². The Morgan fingerprint density at radius 2 is 1.73 bits per heavy atom. The van der Waals surface area contributed by atoms with E-state index >= 15 is 0 Å². The number of aromatic nitrogens is 2. The standard InChI is InChI=1S/C37H42N6O2/c1-2-36(45)41-18-20-42(21-19-41)37-32-15-17-43(34-23-30(44)22-29-10-6-7-11-31(29)34)26-33(32)38-35(39-37)13-12-28-14-16-40(25-28)24-27-8-4-3-5-9-27/h2-11,22-23,28,44H,1,12-21,24-26H2. The summed E-state index contributed by atoms with van der Waals surface area (Å²) in [6.45, 7) is 11.3. The van der Waals surface area contributed by atoms with Gasteiger partial charge in [-0.25, -0.2) is 9.97 Å². The molecule has 1 atom stereocenters. The third kappa shape index (κ3) is 6.38. The topological polar surface area (TPSA) is 76.0 Å². The van der Waals surface area contributed by atoms with Crippen molar-refractivity contribution in [1.29, 1.82) is 0 Å². The molecule has 0 spiro atoms. The zero-order chi connectivity index (χ0) is 30.8. The molecule has 3 aliphatic rings. The Balaban J connectivity index is 1.12. The number of likely N-dealkylation sites (tertiary alicyclic amines) is 1. The van der Waals surface area contributed by atoms with Crippen LogP contribution in [0.4, 0.5) is 11.5 Å². The van der Waals surface area contributed by atoms with E-state index in [1.807, 2.05) is 23.1 Å². The molecule has 3 aliphatic heterocycles. The summed E-state index contributed by atoms with van der Waals surface area (Å²) >= 11 is 0. The molecule has 4 aromatic rings. The lowest BCUT2D eigenvalue weighted by molar-refractivity contribution is -0.126. The molecule has 8 nitrogen and oxygen atoms in total. The molecule has 2 saturated heterocycles. The van der Waals surface area contributed by atoms with Crippen LogP contribution in [-0.4, -0.2) is 76.6 Å². The van der Waals surface area contributed by atoms with Gasteiger partial charge in [0.05, 0.1) is 12.2 Å². The third-order valence-electron chi connectivity index (χ3n) is 9.72. The van der Waals surface area contributed by atoms with Crippen molar-refractivity contribution in [2.24, 2.45) is 5.92 Å². The number of aryl methyl sites for hydroxylation is 1. The second kappa shape index (κ2) is 12.9. The van der Waals surface area contributed by atoms with E-state index in [1.165, 1.54) is 23.6 Å². The lowest BCUT2D eigenvalue weighted by Crippen LogP contribution is -2.49. The van der Waals surface area contributed by atoms with Gasteiger partial charge >= 0.3 is 0 Å². The van der Waals surface area contributed by atoms with Gasteiger partial charge in [-0.05, 0) is 54.8 Å². The summed E-state index contributed by atoms with van der Waals surface area (Å²) in [5.74, 6) is 2.87. The molecule has 1 aromatic heterocycles. The first-order valence-electron chi connectivity index (χ1n) is 16.3. The van der Waals surface area contributed by atoms with Crippen molar-refractivity contribution >= 4 is 28.2 Å². The molecule has 0 bridgehead atoms. The molecule has 0 aliphatic carbocycles. The molecular weight excluding hydrogens is 560 g/mol. The molecule has 0 radical (unpaired) electrons. The number of carbonyl (C=O) groups is 1. The predicted octanol–water partition coefficient (Wildman–Crippen LogP) is 5.19. The fraction of sp³-hybridized carbons (Fsp3) is 0.378. The number of piperazine rings is 1. The van der Waals surface area contributed by atoms with Gasteiger partial charge in [-0.15, -0.1) is 0 Å². The summed E-state index contributed by atoms with van der Waals surface area (Å²) in [6, 6.07) is 22.7. The Bertz CT molecular complexity index is 1680. The highest BCUT2D eigenvalue weighted by Gasteiger charge is 2.29. The molecule has 0 saturated carbocycles. The molecule has 1 N–H and O–H groups in total. The summed E-state index contributed by atoms with van der Waals surface area (Å²) < 4.78 is 0. The van der Waals surface area contributed by atoms with E-state index in [4.69, 9.17) is 9.97 Å². The summed E-state index contributed by atoms with van der Waals surface area (Å²) in [7, 11) is 0. The van der Waals surface area contributed by atoms with Crippen molar-refractivity contribution in [2.75, 3.05) is 55.6 Å². The Hall–Kier alpha value is -4.43. The maximum atomic E-state index is 12.3. The Labute approximate surface area is 265 Å². The van der Waals surface area contributed by atoms with E-state index in [1.54, 1.807) is 0 Å². The van der Waals surface area contributed by atoms with Crippen LogP contribution in [-0.2, 0) is 30.7 Å². The van der Waals surface area contributed by atoms with Crippen LogP contribution in [0.3, 0.4) is 0 Å². The lowest BCUT2D eigenvalue weighted by atomic mass is 10.00. The van der Waals surface area contributed by atoms with Gasteiger partial charge in [-0.2, -0.15) is 0 Å². The predicted molar refractivity (Wildman–Crippen MR) is 180 cm³/mol. The highest BCUT2D eigenvalue weighted by molar-refractivity contribution is 5.95. The van der Waals surface area contributed by atoms with E-state index in [0.29, 0.717) is 25.6 Å². The molecule has 7 rings (SSSR count). The average Bonchev–Trinajstić information content (AvgIpc) is 3.53. The molecule has 8 heteroatoms. The van der Waals surface area contributed by atoms with Crippen LogP contribution in [0.1, 0.15) is 35.5 Å². The van der Waals surface area contributed by atoms with Gasteiger partial charge in [0.25, 0.3) is 0 Å². The van der Waals surface area contributed by atoms with Crippen LogP contribution in [0.2, 0.25) is 0 Å². The van der Waals surface area contributed by atoms with Gasteiger partial charge in [0.1, 0.15) is 17.4 Å². The second-order valence-corrected chi connectivity index (χ2v) is 12.7. The molecule has 2 fully saturated rings. The molecule has 1 amide bonds. The van der Waals surface area contributed by atoms with Crippen molar-refractivity contribution in [3.63, 3.8) is 0 Å². The number of rotatable bonds is 8. The number of benzene rings is 3. The molecule has 3 aromatic carbocycles. The smallest absolute Gasteiger partial charge is 0.246 e. The maximum absolute atomic E-state index is 12.3. The first-order chi connectivity index (χ1) is 22.0. The monoisotopic (exact) mass is 602 g/mol. The quantitative estimate of drug-likeness (QED) is 0.278. The summed E-state index contributed by atoms with van der Waals surface area (Å²) in [4.78, 5) is 31.8. The van der Waals surface area contributed by atoms with E-state index in [9.17, 15) is 9.90 Å². The first kappa shape index (κ1) is 29.3. The molecular formula is C37H42N6O2. The highest BCUT2D eigenvalue weighted by Crippen LogP contribution is 2.36. The van der Waals surface area contributed by atoms with Gasteiger partial charge in [-0.3, -0.25) is 9.69 Å². The van der Waals surface area contributed by atoms with Crippen molar-refractivity contribution < 1.29 is 9.90 Å². The number of aromatic hydroxyl groups is 1. The van der Waals surface area contributed by atoms with Gasteiger partial charge in [-0.1, -0.05) is 61.2 Å². The number of amides is 1. The third-order valence-corrected chi connectivity index (χ3v) is 9.72. The molecule has 4 heterocycles. The zero-order valence-corrected chi connectivity index (χ0v) is 25.9. The number of hydrogen-bond acceptors (Lipinski definition) is 7. The number of anilines is 2. The van der Waals surface area contributed by atoms with Crippen LogP contribution < -0.4 is 9.80 Å². The number of carbonyl (C=O) groups excluding carboxylic acids is 1. The minimum absolute atomic E-state index is 0.00749. The zero-order valence-electron chi connectivity index (χ0n) is 25.9. The van der Waals surface area contributed by atoms with Crippen LogP contribution in [0.25, 0.3) is 10.8 Å². The van der Waals surface area contributed by atoms with Gasteiger partial charge < -0.3 is 19.8 Å². The van der Waals surface area contributed by atoms with E-state index in [2.05, 4.69) is 69.8 Å². The largest absolute Gasteiger partial charge is 0.508 e. The van der Waals surface area contributed by atoms with Gasteiger partial charge in [0.15, 0.2) is 0 Å². The minimum atomic E-state index is -0.00749. The van der Waals surface area contributed by atoms with Crippen molar-refractivity contribution in [3.8, 4) is 5.75 Å². The molecule has 45 heavy (non-hydrogen) atoms. The first-order valence-corrected chi connectivity index (χ1v) is 16.3. The fourth-order valence-corrected chi connectivity index (χ4v) is 7.31. The number of fused-ring (bicyclic) bond motifs is 2. The SMILES string of the molecule is C=CC(=O)N1CCN(c2nc(CCC3CCN(Cc4ccccc4)C3)nc3c2CCN(c2cc(O)cc4ccccc24)C3)CC1. The summed E-state index contributed by atoms with van der Waals surface area (Å²) in [5, 5.41) is 12.7. The van der Waals surface area contributed by atoms with Crippen molar-refractivity contribution in [1.82, 2.24) is 19.8 Å². The van der Waals surface area contributed by atoms with Gasteiger partial charge in [0.2, 0.25) is 5.91 Å². The Morgan fingerprint density at radius 1 is 0.933 bits per heavy atom. The van der Waals surface area contributed by atoms with Crippen LogP contribution >= 0.6 is 0 Å². The lowest BCUT2D eigenvalue weighted by Gasteiger charge is -2.38. The molecule has 1 unspecified atom stereocenters. The van der Waals surface area contributed by atoms with Crippen molar-refractivity contribution in [2.45, 2.75) is 38.8 Å². The van der Waals surface area contributed by atoms with Gasteiger partial charge in [0, 0.05) is 74.9 Å². The van der Waals surface area contributed by atoms with Crippen LogP contribution in [0.5, 0.6) is 5.75 Å². The average molecular weight is 603 g/mol. The van der Waals surface area contributed by atoms with Crippen LogP contribution in [0, 0.1) is 5.92 Å². The molecule has 232 valence electrons.